The number of alkyl halides is 2. The summed E-state index contributed by atoms with van der Waals surface area (Å²) in [5, 5.41) is -0.147. The van der Waals surface area contributed by atoms with Crippen molar-refractivity contribution in [2.45, 2.75) is 19.9 Å². The number of aromatic nitrogens is 1. The maximum atomic E-state index is 12.7. The van der Waals surface area contributed by atoms with Crippen molar-refractivity contribution in [3.05, 3.63) is 50.2 Å². The molecule has 0 fully saturated rings. The number of nitrogens with zero attached hydrogens (tertiary/aromatic N) is 1. The minimum Gasteiger partial charge on any atom is -0.494 e. The first-order valence-corrected chi connectivity index (χ1v) is 7.63. The first-order chi connectivity index (χ1) is 10.4. The van der Waals surface area contributed by atoms with E-state index >= 15 is 0 Å². The molecule has 0 aliphatic rings. The van der Waals surface area contributed by atoms with Crippen LogP contribution < -0.4 is 10.3 Å². The summed E-state index contributed by atoms with van der Waals surface area (Å²) < 4.78 is 32.4. The molecule has 2 rings (SSSR count). The third kappa shape index (κ3) is 5.09. The van der Waals surface area contributed by atoms with E-state index in [1.807, 2.05) is 6.92 Å². The number of hydrogen-bond donors (Lipinski definition) is 0. The van der Waals surface area contributed by atoms with Gasteiger partial charge in [-0.2, -0.15) is 23.7 Å². The fourth-order valence-electron chi connectivity index (χ4n) is 1.98. The molecular formula is C15H12BrClF2NO2Y-. The fraction of sp³-hybridized carbons (Fsp3) is 0.267. The Kier molecular flexibility index (Phi) is 8.35. The zero-order chi connectivity index (χ0) is 16.3. The van der Waals surface area contributed by atoms with Crippen LogP contribution in [0.4, 0.5) is 8.78 Å². The molecule has 121 valence electrons. The van der Waals surface area contributed by atoms with E-state index in [0.29, 0.717) is 22.4 Å². The van der Waals surface area contributed by atoms with E-state index in [4.69, 9.17) is 16.3 Å². The van der Waals surface area contributed by atoms with Crippen LogP contribution in [-0.4, -0.2) is 17.6 Å². The smallest absolute Gasteiger partial charge is 0.256 e. The Morgan fingerprint density at radius 2 is 2.13 bits per heavy atom. The van der Waals surface area contributed by atoms with Crippen LogP contribution in [-0.2, 0) is 39.3 Å². The van der Waals surface area contributed by atoms with Gasteiger partial charge in [0.25, 0.3) is 6.43 Å². The van der Waals surface area contributed by atoms with Gasteiger partial charge >= 0.3 is 0 Å². The van der Waals surface area contributed by atoms with Crippen LogP contribution in [0.5, 0.6) is 5.75 Å². The summed E-state index contributed by atoms with van der Waals surface area (Å²) in [6.45, 7) is 1.62. The van der Waals surface area contributed by atoms with Gasteiger partial charge in [-0.3, -0.25) is 4.79 Å². The van der Waals surface area contributed by atoms with Crippen molar-refractivity contribution in [2.24, 2.45) is 0 Å². The molecule has 0 spiro atoms. The van der Waals surface area contributed by atoms with Crippen LogP contribution in [0, 0.1) is 6.07 Å². The number of benzene rings is 1. The van der Waals surface area contributed by atoms with Gasteiger partial charge in [0, 0.05) is 37.7 Å². The minimum absolute atomic E-state index is 0. The average Bonchev–Trinajstić information content (AvgIpc) is 2.45. The minimum atomic E-state index is -2.68. The molecule has 1 aromatic carbocycles. The second-order valence-electron chi connectivity index (χ2n) is 4.37. The molecule has 1 radical (unpaired) electrons. The topological polar surface area (TPSA) is 31.2 Å². The SMILES string of the molecule is CCOc1ccc(-c2[c-]cc(Cl)c(=O)n2CC(F)F)c(Br)c1.[Y]. The van der Waals surface area contributed by atoms with Gasteiger partial charge in [-0.25, -0.2) is 8.78 Å². The molecule has 1 aromatic heterocycles. The maximum absolute atomic E-state index is 12.7. The number of hydrogen-bond acceptors (Lipinski definition) is 2. The Hall–Kier alpha value is -0.296. The molecule has 0 aliphatic carbocycles. The molecule has 0 aliphatic heterocycles. The maximum Gasteiger partial charge on any atom is 0.256 e. The van der Waals surface area contributed by atoms with E-state index in [9.17, 15) is 13.6 Å². The molecule has 0 N–H and O–H groups in total. The summed E-state index contributed by atoms with van der Waals surface area (Å²) in [6, 6.07) is 9.15. The van der Waals surface area contributed by atoms with Crippen LogP contribution >= 0.6 is 27.5 Å². The molecule has 8 heteroatoms. The molecule has 1 heterocycles. The first-order valence-electron chi connectivity index (χ1n) is 6.46. The van der Waals surface area contributed by atoms with Crippen LogP contribution in [0.25, 0.3) is 11.3 Å². The van der Waals surface area contributed by atoms with E-state index in [-0.39, 0.29) is 43.4 Å². The van der Waals surface area contributed by atoms with E-state index in [2.05, 4.69) is 22.0 Å². The summed E-state index contributed by atoms with van der Waals surface area (Å²) in [6.07, 6.45) is -2.68. The van der Waals surface area contributed by atoms with Crippen LogP contribution in [0.3, 0.4) is 0 Å². The normalized spacial score (nSPS) is 10.5. The quantitative estimate of drug-likeness (QED) is 0.595. The van der Waals surface area contributed by atoms with Gasteiger partial charge in [-0.05, 0) is 23.5 Å². The zero-order valence-corrected chi connectivity index (χ0v) is 17.3. The number of rotatable bonds is 5. The van der Waals surface area contributed by atoms with Crippen molar-refractivity contribution in [1.29, 1.82) is 0 Å². The van der Waals surface area contributed by atoms with Crippen LogP contribution in [0.15, 0.2) is 33.5 Å². The van der Waals surface area contributed by atoms with Gasteiger partial charge in [-0.1, -0.05) is 27.2 Å². The van der Waals surface area contributed by atoms with E-state index in [1.54, 1.807) is 18.2 Å². The number of ether oxygens (including phenoxy) is 1. The van der Waals surface area contributed by atoms with Crippen molar-refractivity contribution >= 4 is 27.5 Å². The second kappa shape index (κ2) is 9.26. The van der Waals surface area contributed by atoms with Crippen molar-refractivity contribution < 1.29 is 46.2 Å². The summed E-state index contributed by atoms with van der Waals surface area (Å²) >= 11 is 9.08. The number of pyridine rings is 1. The summed E-state index contributed by atoms with van der Waals surface area (Å²) in [5.41, 5.74) is 0.124. The van der Waals surface area contributed by atoms with Crippen molar-refractivity contribution in [1.82, 2.24) is 4.57 Å². The van der Waals surface area contributed by atoms with Gasteiger partial charge < -0.3 is 9.30 Å². The van der Waals surface area contributed by atoms with Gasteiger partial charge in [0.05, 0.1) is 13.2 Å². The average molecular weight is 481 g/mol. The molecule has 2 aromatic rings. The zero-order valence-electron chi connectivity index (χ0n) is 12.2. The van der Waals surface area contributed by atoms with Gasteiger partial charge in [0.1, 0.15) is 5.75 Å². The Labute approximate surface area is 171 Å². The summed E-state index contributed by atoms with van der Waals surface area (Å²) in [7, 11) is 0. The largest absolute Gasteiger partial charge is 0.494 e. The van der Waals surface area contributed by atoms with E-state index in [0.717, 1.165) is 4.57 Å². The summed E-state index contributed by atoms with van der Waals surface area (Å²) in [4.78, 5) is 12.0. The van der Waals surface area contributed by atoms with E-state index < -0.39 is 18.5 Å². The molecule has 0 amide bonds. The van der Waals surface area contributed by atoms with E-state index in [1.165, 1.54) is 6.07 Å². The molecule has 0 saturated heterocycles. The predicted octanol–water partition coefficient (Wildman–Crippen LogP) is 4.39. The third-order valence-electron chi connectivity index (χ3n) is 2.88. The molecular weight excluding hydrogens is 468 g/mol. The monoisotopic (exact) mass is 479 g/mol. The van der Waals surface area contributed by atoms with Gasteiger partial charge in [0.2, 0.25) is 5.56 Å². The fourth-order valence-corrected chi connectivity index (χ4v) is 2.68. The first kappa shape index (κ1) is 20.7. The third-order valence-corrected chi connectivity index (χ3v) is 3.81. The summed E-state index contributed by atoms with van der Waals surface area (Å²) in [5.74, 6) is 0.634. The van der Waals surface area contributed by atoms with Gasteiger partial charge in [0.15, 0.2) is 0 Å². The Morgan fingerprint density at radius 3 is 2.70 bits per heavy atom. The van der Waals surface area contributed by atoms with Crippen LogP contribution in [0.1, 0.15) is 6.92 Å². The predicted molar refractivity (Wildman–Crippen MR) is 84.9 cm³/mol. The molecule has 0 atom stereocenters. The molecule has 0 saturated carbocycles. The number of halogens is 4. The molecule has 0 bridgehead atoms. The standard InChI is InChI=1S/C15H12BrClF2NO2.Y/c1-2-22-9-3-4-10(11(16)7-9)13-6-5-12(17)15(21)20(13)8-14(18)19;/h3-5,7,14H,2,8H2,1H3;/q-1;. The molecule has 23 heavy (non-hydrogen) atoms. The van der Waals surface area contributed by atoms with Crippen molar-refractivity contribution in [2.75, 3.05) is 6.61 Å². The van der Waals surface area contributed by atoms with Crippen molar-refractivity contribution in [3.8, 4) is 17.0 Å². The van der Waals surface area contributed by atoms with Gasteiger partial charge in [-0.15, -0.1) is 6.07 Å². The Bertz CT molecular complexity index is 740. The second-order valence-corrected chi connectivity index (χ2v) is 5.63. The Morgan fingerprint density at radius 1 is 1.43 bits per heavy atom. The molecule has 0 unspecified atom stereocenters. The van der Waals surface area contributed by atoms with Crippen LogP contribution in [0.2, 0.25) is 5.02 Å². The molecule has 3 nitrogen and oxygen atoms in total. The van der Waals surface area contributed by atoms with Crippen molar-refractivity contribution in [3.63, 3.8) is 0 Å². The Balaban J connectivity index is 0.00000264.